The first-order valence-electron chi connectivity index (χ1n) is 9.09. The zero-order valence-electron chi connectivity index (χ0n) is 15.6. The maximum absolute atomic E-state index is 12.4. The van der Waals surface area contributed by atoms with Gasteiger partial charge in [-0.3, -0.25) is 9.69 Å². The largest absolute Gasteiger partial charge is 0.379 e. The molecule has 1 aromatic carbocycles. The van der Waals surface area contributed by atoms with E-state index in [-0.39, 0.29) is 10.8 Å². The molecule has 1 aliphatic heterocycles. The van der Waals surface area contributed by atoms with E-state index < -0.39 is 10.0 Å². The highest BCUT2D eigenvalue weighted by Crippen LogP contribution is 2.12. The van der Waals surface area contributed by atoms with Crippen molar-refractivity contribution < 1.29 is 17.9 Å². The van der Waals surface area contributed by atoms with Crippen molar-refractivity contribution in [2.24, 2.45) is 0 Å². The summed E-state index contributed by atoms with van der Waals surface area (Å²) in [5.41, 5.74) is 0.496. The van der Waals surface area contributed by atoms with E-state index >= 15 is 0 Å². The average Bonchev–Trinajstić information content (AvgIpc) is 2.66. The first-order chi connectivity index (χ1) is 12.4. The van der Waals surface area contributed by atoms with Crippen molar-refractivity contribution in [3.63, 3.8) is 0 Å². The van der Waals surface area contributed by atoms with Gasteiger partial charge < -0.3 is 9.64 Å². The van der Waals surface area contributed by atoms with E-state index in [0.717, 1.165) is 25.9 Å². The van der Waals surface area contributed by atoms with Gasteiger partial charge in [0.25, 0.3) is 5.91 Å². The lowest BCUT2D eigenvalue weighted by molar-refractivity contribution is 0.0390. The number of amides is 1. The van der Waals surface area contributed by atoms with Crippen LogP contribution >= 0.6 is 0 Å². The molecule has 0 atom stereocenters. The standard InChI is InChI=1S/C18H29N3O4S/c1-3-4-10-20(2)18(22)16-5-7-17(8-6-16)26(23,24)19-9-11-21-12-14-25-15-13-21/h5-8,19H,3-4,9-15H2,1-2H3. The topological polar surface area (TPSA) is 79.0 Å². The Hall–Kier alpha value is -1.48. The maximum Gasteiger partial charge on any atom is 0.253 e. The summed E-state index contributed by atoms with van der Waals surface area (Å²) >= 11 is 0. The number of nitrogens with zero attached hydrogens (tertiary/aromatic N) is 2. The molecule has 1 heterocycles. The van der Waals surface area contributed by atoms with Gasteiger partial charge in [-0.2, -0.15) is 0 Å². The Morgan fingerprint density at radius 1 is 1.23 bits per heavy atom. The molecule has 0 aromatic heterocycles. The summed E-state index contributed by atoms with van der Waals surface area (Å²) in [6.45, 7) is 6.80. The van der Waals surface area contributed by atoms with Gasteiger partial charge in [0, 0.05) is 45.3 Å². The van der Waals surface area contributed by atoms with Crippen molar-refractivity contribution in [1.82, 2.24) is 14.5 Å². The Kier molecular flexibility index (Phi) is 8.02. The van der Waals surface area contributed by atoms with Crippen LogP contribution in [0.5, 0.6) is 0 Å². The molecule has 1 aliphatic rings. The molecule has 1 saturated heterocycles. The number of sulfonamides is 1. The zero-order valence-corrected chi connectivity index (χ0v) is 16.4. The van der Waals surface area contributed by atoms with Crippen LogP contribution in [0.1, 0.15) is 30.1 Å². The van der Waals surface area contributed by atoms with Crippen molar-refractivity contribution in [1.29, 1.82) is 0 Å². The first kappa shape index (κ1) is 20.8. The number of benzene rings is 1. The van der Waals surface area contributed by atoms with Crippen LogP contribution in [0, 0.1) is 0 Å². The Bertz CT molecular complexity index is 670. The third kappa shape index (κ3) is 6.05. The number of hydrogen-bond acceptors (Lipinski definition) is 5. The molecule has 1 N–H and O–H groups in total. The Morgan fingerprint density at radius 3 is 2.50 bits per heavy atom. The monoisotopic (exact) mass is 383 g/mol. The third-order valence-corrected chi connectivity index (χ3v) is 5.91. The fourth-order valence-electron chi connectivity index (χ4n) is 2.74. The normalized spacial score (nSPS) is 15.8. The molecular weight excluding hydrogens is 354 g/mol. The molecule has 1 aromatic rings. The third-order valence-electron chi connectivity index (χ3n) is 4.43. The fourth-order valence-corrected chi connectivity index (χ4v) is 3.76. The summed E-state index contributed by atoms with van der Waals surface area (Å²) in [6, 6.07) is 6.11. The van der Waals surface area contributed by atoms with Gasteiger partial charge in [0.1, 0.15) is 0 Å². The number of hydrogen-bond donors (Lipinski definition) is 1. The molecule has 1 fully saturated rings. The second-order valence-electron chi connectivity index (χ2n) is 6.46. The van der Waals surface area contributed by atoms with Crippen molar-refractivity contribution in [2.45, 2.75) is 24.7 Å². The van der Waals surface area contributed by atoms with Crippen LogP contribution in [0.2, 0.25) is 0 Å². The second kappa shape index (κ2) is 10.0. The number of rotatable bonds is 9. The molecule has 0 saturated carbocycles. The van der Waals surface area contributed by atoms with Gasteiger partial charge in [0.05, 0.1) is 18.1 Å². The van der Waals surface area contributed by atoms with E-state index in [1.807, 2.05) is 0 Å². The van der Waals surface area contributed by atoms with Crippen LogP contribution < -0.4 is 4.72 Å². The molecule has 0 bridgehead atoms. The van der Waals surface area contributed by atoms with E-state index in [4.69, 9.17) is 4.74 Å². The molecule has 1 amide bonds. The van der Waals surface area contributed by atoms with Gasteiger partial charge in [0.15, 0.2) is 0 Å². The number of nitrogens with one attached hydrogen (secondary N) is 1. The van der Waals surface area contributed by atoms with Crippen LogP contribution in [-0.2, 0) is 14.8 Å². The molecule has 7 nitrogen and oxygen atoms in total. The summed E-state index contributed by atoms with van der Waals surface area (Å²) in [5.74, 6) is -0.0947. The first-order valence-corrected chi connectivity index (χ1v) is 10.6. The van der Waals surface area contributed by atoms with E-state index in [1.165, 1.54) is 12.1 Å². The SMILES string of the molecule is CCCCN(C)C(=O)c1ccc(S(=O)(=O)NCCN2CCOCC2)cc1. The summed E-state index contributed by atoms with van der Waals surface area (Å²) in [6.07, 6.45) is 1.96. The smallest absolute Gasteiger partial charge is 0.253 e. The van der Waals surface area contributed by atoms with Crippen molar-refractivity contribution in [2.75, 3.05) is 53.0 Å². The highest BCUT2D eigenvalue weighted by Gasteiger charge is 2.17. The number of carbonyl (C=O) groups excluding carboxylic acids is 1. The predicted molar refractivity (Wildman–Crippen MR) is 101 cm³/mol. The van der Waals surface area contributed by atoms with Crippen molar-refractivity contribution in [3.05, 3.63) is 29.8 Å². The Balaban J connectivity index is 1.89. The van der Waals surface area contributed by atoms with E-state index in [1.54, 1.807) is 24.1 Å². The second-order valence-corrected chi connectivity index (χ2v) is 8.22. The summed E-state index contributed by atoms with van der Waals surface area (Å²) in [7, 11) is -1.81. The van der Waals surface area contributed by atoms with Crippen molar-refractivity contribution >= 4 is 15.9 Å². The highest BCUT2D eigenvalue weighted by molar-refractivity contribution is 7.89. The van der Waals surface area contributed by atoms with Gasteiger partial charge >= 0.3 is 0 Å². The molecule has 146 valence electrons. The number of carbonyl (C=O) groups is 1. The lowest BCUT2D eigenvalue weighted by Gasteiger charge is -2.26. The minimum atomic E-state index is -3.57. The fraction of sp³-hybridized carbons (Fsp3) is 0.611. The van der Waals surface area contributed by atoms with Gasteiger partial charge in [0.2, 0.25) is 10.0 Å². The number of ether oxygens (including phenoxy) is 1. The van der Waals surface area contributed by atoms with Crippen molar-refractivity contribution in [3.8, 4) is 0 Å². The zero-order chi connectivity index (χ0) is 19.0. The summed E-state index contributed by atoms with van der Waals surface area (Å²) < 4.78 is 32.7. The lowest BCUT2D eigenvalue weighted by Crippen LogP contribution is -2.41. The molecule has 26 heavy (non-hydrogen) atoms. The van der Waals surface area contributed by atoms with Crippen LogP contribution in [0.15, 0.2) is 29.2 Å². The highest BCUT2D eigenvalue weighted by atomic mass is 32.2. The maximum atomic E-state index is 12.4. The van der Waals surface area contributed by atoms with Gasteiger partial charge in [-0.15, -0.1) is 0 Å². The molecule has 0 aliphatic carbocycles. The minimum absolute atomic E-state index is 0.0947. The van der Waals surface area contributed by atoms with Crippen LogP contribution in [0.4, 0.5) is 0 Å². The average molecular weight is 384 g/mol. The molecule has 0 spiro atoms. The quantitative estimate of drug-likeness (QED) is 0.693. The Morgan fingerprint density at radius 2 is 1.88 bits per heavy atom. The molecule has 8 heteroatoms. The van der Waals surface area contributed by atoms with E-state index in [2.05, 4.69) is 16.5 Å². The lowest BCUT2D eigenvalue weighted by atomic mass is 10.2. The van der Waals surface area contributed by atoms with E-state index in [0.29, 0.717) is 38.4 Å². The van der Waals surface area contributed by atoms with Gasteiger partial charge in [-0.05, 0) is 30.7 Å². The predicted octanol–water partition coefficient (Wildman–Crippen LogP) is 1.17. The minimum Gasteiger partial charge on any atom is -0.379 e. The van der Waals surface area contributed by atoms with Crippen LogP contribution in [-0.4, -0.2) is 77.1 Å². The molecular formula is C18H29N3O4S. The number of unbranched alkanes of at least 4 members (excludes halogenated alkanes) is 1. The van der Waals surface area contributed by atoms with Gasteiger partial charge in [-0.25, -0.2) is 13.1 Å². The Labute approximate surface area is 156 Å². The number of morpholine rings is 1. The molecule has 0 unspecified atom stereocenters. The molecule has 2 rings (SSSR count). The molecule has 0 radical (unpaired) electrons. The summed E-state index contributed by atoms with van der Waals surface area (Å²) in [4.78, 5) is 16.3. The van der Waals surface area contributed by atoms with E-state index in [9.17, 15) is 13.2 Å². The van der Waals surface area contributed by atoms with Crippen LogP contribution in [0.3, 0.4) is 0 Å². The summed E-state index contributed by atoms with van der Waals surface area (Å²) in [5, 5.41) is 0. The van der Waals surface area contributed by atoms with Crippen LogP contribution in [0.25, 0.3) is 0 Å². The van der Waals surface area contributed by atoms with Gasteiger partial charge in [-0.1, -0.05) is 13.3 Å².